The highest BCUT2D eigenvalue weighted by atomic mass is 32.1. The first kappa shape index (κ1) is 29.5. The van der Waals surface area contributed by atoms with Gasteiger partial charge in [-0.3, -0.25) is 14.4 Å². The monoisotopic (exact) mass is 516 g/mol. The Kier molecular flexibility index (Phi) is 10.6. The minimum atomic E-state index is -0.789. The molecule has 1 fully saturated rings. The molecule has 2 aromatic rings. The molecule has 3 N–H and O–H groups in total. The molecule has 3 atom stereocenters. The predicted octanol–water partition coefficient (Wildman–Crippen LogP) is 3.66. The summed E-state index contributed by atoms with van der Waals surface area (Å²) >= 11 is 1.59. The van der Waals surface area contributed by atoms with E-state index in [1.54, 1.807) is 18.3 Å². The molecule has 3 amide bonds. The van der Waals surface area contributed by atoms with Gasteiger partial charge in [0.25, 0.3) is 0 Å². The first-order chi connectivity index (χ1) is 17.0. The van der Waals surface area contributed by atoms with E-state index in [1.165, 1.54) is 4.90 Å². The Morgan fingerprint density at radius 3 is 2.36 bits per heavy atom. The Labute approximate surface area is 218 Å². The molecule has 3 unspecified atom stereocenters. The Morgan fingerprint density at radius 2 is 1.83 bits per heavy atom. The lowest BCUT2D eigenvalue weighted by molar-refractivity contribution is -0.144. The molecule has 0 radical (unpaired) electrons. The van der Waals surface area contributed by atoms with Crippen LogP contribution in [0.3, 0.4) is 0 Å². The Hall–Kier alpha value is -2.78. The zero-order valence-corrected chi connectivity index (χ0v) is 23.2. The number of nitrogens with one attached hydrogen (secondary N) is 2. The van der Waals surface area contributed by atoms with Crippen LogP contribution in [0.1, 0.15) is 65.6 Å². The van der Waals surface area contributed by atoms with E-state index >= 15 is 0 Å². The molecule has 0 saturated carbocycles. The average molecular weight is 517 g/mol. The number of likely N-dealkylation sites (tertiary alicyclic amines) is 1. The third kappa shape index (κ3) is 7.36. The van der Waals surface area contributed by atoms with E-state index in [1.807, 2.05) is 71.3 Å². The van der Waals surface area contributed by atoms with Crippen molar-refractivity contribution >= 4 is 29.1 Å². The molecule has 1 aliphatic heterocycles. The van der Waals surface area contributed by atoms with E-state index in [4.69, 9.17) is 0 Å². The number of aliphatic hydroxyl groups excluding tert-OH is 1. The van der Waals surface area contributed by atoms with Crippen molar-refractivity contribution in [2.75, 3.05) is 6.54 Å². The molecule has 8 nitrogen and oxygen atoms in total. The van der Waals surface area contributed by atoms with Gasteiger partial charge >= 0.3 is 0 Å². The summed E-state index contributed by atoms with van der Waals surface area (Å²) < 4.78 is 0. The highest BCUT2D eigenvalue weighted by molar-refractivity contribution is 7.13. The van der Waals surface area contributed by atoms with Gasteiger partial charge in [0.1, 0.15) is 12.1 Å². The zero-order valence-electron chi connectivity index (χ0n) is 22.4. The third-order valence-corrected chi connectivity index (χ3v) is 7.01. The zero-order chi connectivity index (χ0) is 27.0. The molecule has 0 spiro atoms. The van der Waals surface area contributed by atoms with Gasteiger partial charge in [-0.15, -0.1) is 11.3 Å². The highest BCUT2D eigenvalue weighted by Gasteiger charge is 2.44. The van der Waals surface area contributed by atoms with Gasteiger partial charge in [0.2, 0.25) is 17.7 Å². The van der Waals surface area contributed by atoms with Crippen molar-refractivity contribution in [1.82, 2.24) is 20.5 Å². The fourth-order valence-corrected chi connectivity index (χ4v) is 4.86. The molecule has 2 heterocycles. The van der Waals surface area contributed by atoms with Gasteiger partial charge in [-0.2, -0.15) is 0 Å². The van der Waals surface area contributed by atoms with Gasteiger partial charge in [-0.1, -0.05) is 65.8 Å². The minimum Gasteiger partial charge on any atom is -0.391 e. The Morgan fingerprint density at radius 1 is 1.19 bits per heavy atom. The van der Waals surface area contributed by atoms with E-state index in [2.05, 4.69) is 15.6 Å². The minimum absolute atomic E-state index is 0.0639. The van der Waals surface area contributed by atoms with Crippen molar-refractivity contribution in [2.45, 2.75) is 86.0 Å². The Bertz CT molecular complexity index is 1030. The summed E-state index contributed by atoms with van der Waals surface area (Å²) in [6.07, 6.45) is -0.364. The standard InChI is InChI=1S/C25H34N4O4S.C2H6/c1-6-20(31)28-22(25(3,4)5)24(33)29-13-18(30)11-19(29)23(32)26-12-16-7-9-17(10-8-16)21-15(2)27-14-34-21;1-2/h7-10,14,18-19,22,30H,6,11-13H2,1-5H3,(H,26,32)(H,28,31);1-2H3. The molecular weight excluding hydrogens is 476 g/mol. The van der Waals surface area contributed by atoms with Crippen LogP contribution in [0.4, 0.5) is 0 Å². The van der Waals surface area contributed by atoms with Crippen LogP contribution in [0.5, 0.6) is 0 Å². The summed E-state index contributed by atoms with van der Waals surface area (Å²) in [6, 6.07) is 6.34. The van der Waals surface area contributed by atoms with Crippen molar-refractivity contribution in [2.24, 2.45) is 5.41 Å². The topological polar surface area (TPSA) is 112 Å². The van der Waals surface area contributed by atoms with Crippen LogP contribution < -0.4 is 10.6 Å². The molecule has 1 saturated heterocycles. The molecule has 3 rings (SSSR count). The normalized spacial score (nSPS) is 18.2. The number of β-amino-alcohol motifs (C(OH)–C–C–N with tert-alkyl or cyclic N) is 1. The van der Waals surface area contributed by atoms with Crippen molar-refractivity contribution in [3.05, 3.63) is 41.0 Å². The smallest absolute Gasteiger partial charge is 0.246 e. The number of hydrogen-bond acceptors (Lipinski definition) is 6. The number of aryl methyl sites for hydroxylation is 1. The van der Waals surface area contributed by atoms with Crippen LogP contribution in [0.15, 0.2) is 29.8 Å². The maximum Gasteiger partial charge on any atom is 0.246 e. The van der Waals surface area contributed by atoms with E-state index in [-0.39, 0.29) is 37.1 Å². The first-order valence-electron chi connectivity index (χ1n) is 12.6. The summed E-state index contributed by atoms with van der Waals surface area (Å²) in [4.78, 5) is 45.2. The van der Waals surface area contributed by atoms with E-state index in [0.29, 0.717) is 6.54 Å². The molecule has 1 aromatic carbocycles. The number of rotatable bonds is 7. The number of aliphatic hydroxyl groups is 1. The molecule has 198 valence electrons. The second-order valence-corrected chi connectivity index (χ2v) is 10.7. The number of carbonyl (C=O) groups excluding carboxylic acids is 3. The summed E-state index contributed by atoms with van der Waals surface area (Å²) in [5, 5.41) is 15.9. The van der Waals surface area contributed by atoms with Gasteiger partial charge in [0.15, 0.2) is 0 Å². The second-order valence-electron chi connectivity index (χ2n) is 9.80. The van der Waals surface area contributed by atoms with Crippen LogP contribution in [0.2, 0.25) is 0 Å². The van der Waals surface area contributed by atoms with E-state index < -0.39 is 23.6 Å². The Balaban J connectivity index is 0.00000222. The van der Waals surface area contributed by atoms with E-state index in [0.717, 1.165) is 21.7 Å². The van der Waals surface area contributed by atoms with Crippen molar-refractivity contribution in [3.63, 3.8) is 0 Å². The molecule has 9 heteroatoms. The summed E-state index contributed by atoms with van der Waals surface area (Å²) in [5.74, 6) is -0.900. The van der Waals surface area contributed by atoms with Gasteiger partial charge in [-0.25, -0.2) is 4.98 Å². The number of aromatic nitrogens is 1. The molecule has 36 heavy (non-hydrogen) atoms. The van der Waals surface area contributed by atoms with Crippen LogP contribution in [-0.2, 0) is 20.9 Å². The van der Waals surface area contributed by atoms with E-state index in [9.17, 15) is 19.5 Å². The van der Waals surface area contributed by atoms with Gasteiger partial charge in [0.05, 0.1) is 22.2 Å². The number of amides is 3. The van der Waals surface area contributed by atoms with Crippen LogP contribution in [0, 0.1) is 12.3 Å². The van der Waals surface area contributed by atoms with Crippen molar-refractivity contribution < 1.29 is 19.5 Å². The van der Waals surface area contributed by atoms with Crippen LogP contribution in [0.25, 0.3) is 10.4 Å². The lowest BCUT2D eigenvalue weighted by Gasteiger charge is -2.35. The molecular formula is C27H40N4O4S. The van der Waals surface area contributed by atoms with Crippen molar-refractivity contribution in [3.8, 4) is 10.4 Å². The maximum atomic E-state index is 13.4. The third-order valence-electron chi connectivity index (χ3n) is 6.03. The summed E-state index contributed by atoms with van der Waals surface area (Å²) in [6.45, 7) is 13.7. The first-order valence-corrected chi connectivity index (χ1v) is 13.4. The predicted molar refractivity (Wildman–Crippen MR) is 143 cm³/mol. The highest BCUT2D eigenvalue weighted by Crippen LogP contribution is 2.28. The lowest BCUT2D eigenvalue weighted by Crippen LogP contribution is -2.57. The second kappa shape index (κ2) is 13.0. The number of nitrogens with zero attached hydrogens (tertiary/aromatic N) is 2. The molecule has 0 aliphatic carbocycles. The van der Waals surface area contributed by atoms with Crippen LogP contribution in [-0.4, -0.2) is 57.4 Å². The molecule has 0 bridgehead atoms. The lowest BCUT2D eigenvalue weighted by atomic mass is 9.85. The fourth-order valence-electron chi connectivity index (χ4n) is 4.04. The number of carbonyl (C=O) groups is 3. The largest absolute Gasteiger partial charge is 0.391 e. The summed E-state index contributed by atoms with van der Waals surface area (Å²) in [7, 11) is 0. The molecule has 1 aromatic heterocycles. The van der Waals surface area contributed by atoms with Gasteiger partial charge < -0.3 is 20.6 Å². The van der Waals surface area contributed by atoms with Gasteiger partial charge in [0, 0.05) is 25.9 Å². The quantitative estimate of drug-likeness (QED) is 0.520. The maximum absolute atomic E-state index is 13.4. The van der Waals surface area contributed by atoms with Crippen LogP contribution >= 0.6 is 11.3 Å². The number of benzene rings is 1. The van der Waals surface area contributed by atoms with Gasteiger partial charge in [-0.05, 0) is 23.5 Å². The van der Waals surface area contributed by atoms with Crippen molar-refractivity contribution in [1.29, 1.82) is 0 Å². The fraction of sp³-hybridized carbons (Fsp3) is 0.556. The number of thiazole rings is 1. The summed E-state index contributed by atoms with van der Waals surface area (Å²) in [5.41, 5.74) is 4.26. The number of hydrogen-bond donors (Lipinski definition) is 3. The average Bonchev–Trinajstić information content (AvgIpc) is 3.46. The SMILES string of the molecule is CC.CCC(=O)NC(C(=O)N1CC(O)CC1C(=O)NCc1ccc(-c2scnc2C)cc1)C(C)(C)C. The molecule has 1 aliphatic rings.